The summed E-state index contributed by atoms with van der Waals surface area (Å²) >= 11 is 0. The molecule has 2 atom stereocenters. The Kier molecular flexibility index (Phi) is 4.36. The molecule has 0 spiro atoms. The van der Waals surface area contributed by atoms with Crippen molar-refractivity contribution in [1.82, 2.24) is 4.90 Å². The summed E-state index contributed by atoms with van der Waals surface area (Å²) in [6, 6.07) is -0.240. The van der Waals surface area contributed by atoms with Gasteiger partial charge >= 0.3 is 6.18 Å². The first-order chi connectivity index (χ1) is 6.95. The van der Waals surface area contributed by atoms with Crippen LogP contribution in [0.15, 0.2) is 0 Å². The van der Waals surface area contributed by atoms with Crippen LogP contribution in [0.1, 0.15) is 19.3 Å². The quantitative estimate of drug-likeness (QED) is 0.748. The van der Waals surface area contributed by atoms with Crippen molar-refractivity contribution in [2.75, 3.05) is 19.7 Å². The van der Waals surface area contributed by atoms with Gasteiger partial charge in [-0.3, -0.25) is 4.90 Å². The van der Waals surface area contributed by atoms with Crippen molar-refractivity contribution in [3.63, 3.8) is 0 Å². The molecule has 6 heteroatoms. The Labute approximate surface area is 86.5 Å². The number of hydrogen-bond donors (Lipinski definition) is 2. The van der Waals surface area contributed by atoms with Gasteiger partial charge in [0.05, 0.1) is 6.61 Å². The third-order valence-corrected chi connectivity index (χ3v) is 2.75. The molecule has 0 aromatic heterocycles. The van der Waals surface area contributed by atoms with E-state index >= 15 is 0 Å². The van der Waals surface area contributed by atoms with Crippen LogP contribution in [0.4, 0.5) is 13.2 Å². The first-order valence-electron chi connectivity index (χ1n) is 5.05. The van der Waals surface area contributed by atoms with Crippen LogP contribution in [-0.2, 0) is 0 Å². The number of aliphatic hydroxyl groups is 2. The van der Waals surface area contributed by atoms with Crippen LogP contribution in [0, 0.1) is 0 Å². The molecule has 0 bridgehead atoms. The van der Waals surface area contributed by atoms with Crippen LogP contribution in [0.3, 0.4) is 0 Å². The van der Waals surface area contributed by atoms with Crippen LogP contribution < -0.4 is 0 Å². The summed E-state index contributed by atoms with van der Waals surface area (Å²) in [5, 5.41) is 17.9. The number of β-amino-alcohol motifs (C(OH)–C–C–N with tert-alkyl or cyclic N) is 1. The maximum atomic E-state index is 12.1. The minimum atomic E-state index is -4.57. The lowest BCUT2D eigenvalue weighted by Crippen LogP contribution is -2.48. The summed E-state index contributed by atoms with van der Waals surface area (Å²) in [6.07, 6.45) is -4.45. The number of aliphatic hydroxyl groups excluding tert-OH is 2. The second-order valence-electron chi connectivity index (χ2n) is 3.88. The zero-order valence-corrected chi connectivity index (χ0v) is 8.37. The SMILES string of the molecule is OC[C@H]1CCCCN1C[C@H](O)C(F)(F)F. The molecule has 1 saturated heterocycles. The molecule has 1 heterocycles. The van der Waals surface area contributed by atoms with Gasteiger partial charge in [-0.2, -0.15) is 13.2 Å². The van der Waals surface area contributed by atoms with E-state index < -0.39 is 18.8 Å². The molecule has 0 amide bonds. The van der Waals surface area contributed by atoms with Crippen molar-refractivity contribution in [2.24, 2.45) is 0 Å². The maximum absolute atomic E-state index is 12.1. The number of nitrogens with zero attached hydrogens (tertiary/aromatic N) is 1. The molecule has 1 aliphatic rings. The number of alkyl halides is 3. The largest absolute Gasteiger partial charge is 0.415 e. The standard InChI is InChI=1S/C9H16F3NO2/c10-9(11,12)8(15)5-13-4-2-1-3-7(13)6-14/h7-8,14-15H,1-6H2/t7-,8+/m1/s1. The molecular formula is C9H16F3NO2. The first-order valence-corrected chi connectivity index (χ1v) is 5.05. The van der Waals surface area contributed by atoms with Crippen molar-refractivity contribution in [1.29, 1.82) is 0 Å². The number of likely N-dealkylation sites (tertiary alicyclic amines) is 1. The molecule has 90 valence electrons. The fourth-order valence-corrected chi connectivity index (χ4v) is 1.83. The van der Waals surface area contributed by atoms with E-state index in [0.717, 1.165) is 12.8 Å². The summed E-state index contributed by atoms with van der Waals surface area (Å²) < 4.78 is 36.3. The maximum Gasteiger partial charge on any atom is 0.415 e. The van der Waals surface area contributed by atoms with Gasteiger partial charge in [0.1, 0.15) is 0 Å². The normalized spacial score (nSPS) is 26.6. The fraction of sp³-hybridized carbons (Fsp3) is 1.00. The van der Waals surface area contributed by atoms with Gasteiger partial charge in [0.2, 0.25) is 0 Å². The summed E-state index contributed by atoms with van der Waals surface area (Å²) in [6.45, 7) is -0.0718. The smallest absolute Gasteiger partial charge is 0.395 e. The predicted molar refractivity (Wildman–Crippen MR) is 48.4 cm³/mol. The van der Waals surface area contributed by atoms with Crippen LogP contribution in [0.25, 0.3) is 0 Å². The average molecular weight is 227 g/mol. The lowest BCUT2D eigenvalue weighted by molar-refractivity contribution is -0.210. The minimum Gasteiger partial charge on any atom is -0.395 e. The average Bonchev–Trinajstić information content (AvgIpc) is 2.17. The Balaban J connectivity index is 2.48. The highest BCUT2D eigenvalue weighted by molar-refractivity contribution is 4.80. The second-order valence-corrected chi connectivity index (χ2v) is 3.88. The van der Waals surface area contributed by atoms with Crippen LogP contribution in [-0.4, -0.2) is 53.1 Å². The Hall–Kier alpha value is -0.330. The molecule has 15 heavy (non-hydrogen) atoms. The molecule has 1 fully saturated rings. The molecule has 0 saturated carbocycles. The molecule has 0 aromatic carbocycles. The van der Waals surface area contributed by atoms with E-state index in [1.165, 1.54) is 4.90 Å². The highest BCUT2D eigenvalue weighted by atomic mass is 19.4. The van der Waals surface area contributed by atoms with Gasteiger partial charge in [0, 0.05) is 12.6 Å². The Bertz CT molecular complexity index is 198. The van der Waals surface area contributed by atoms with Crippen molar-refractivity contribution in [3.8, 4) is 0 Å². The van der Waals surface area contributed by atoms with Gasteiger partial charge in [0.15, 0.2) is 6.10 Å². The number of rotatable bonds is 3. The molecular weight excluding hydrogens is 211 g/mol. The van der Waals surface area contributed by atoms with Gasteiger partial charge in [-0.15, -0.1) is 0 Å². The molecule has 1 rings (SSSR count). The zero-order valence-electron chi connectivity index (χ0n) is 8.37. The van der Waals surface area contributed by atoms with Crippen LogP contribution in [0.5, 0.6) is 0 Å². The lowest BCUT2D eigenvalue weighted by atomic mass is 10.0. The fourth-order valence-electron chi connectivity index (χ4n) is 1.83. The second kappa shape index (κ2) is 5.14. The molecule has 0 radical (unpaired) electrons. The number of halogens is 3. The third-order valence-electron chi connectivity index (χ3n) is 2.75. The van der Waals surface area contributed by atoms with Crippen LogP contribution >= 0.6 is 0 Å². The first kappa shape index (κ1) is 12.7. The highest BCUT2D eigenvalue weighted by Gasteiger charge is 2.40. The molecule has 3 nitrogen and oxygen atoms in total. The van der Waals surface area contributed by atoms with Crippen molar-refractivity contribution in [3.05, 3.63) is 0 Å². The molecule has 0 aromatic rings. The lowest BCUT2D eigenvalue weighted by Gasteiger charge is -2.36. The van der Waals surface area contributed by atoms with E-state index in [1.807, 2.05) is 0 Å². The van der Waals surface area contributed by atoms with E-state index in [2.05, 4.69) is 0 Å². The van der Waals surface area contributed by atoms with Crippen LogP contribution in [0.2, 0.25) is 0 Å². The Morgan fingerprint density at radius 2 is 2.00 bits per heavy atom. The summed E-state index contributed by atoms with van der Waals surface area (Å²) in [7, 11) is 0. The molecule has 0 unspecified atom stereocenters. The summed E-state index contributed by atoms with van der Waals surface area (Å²) in [5.74, 6) is 0. The van der Waals surface area contributed by atoms with E-state index in [1.54, 1.807) is 0 Å². The Morgan fingerprint density at radius 1 is 1.33 bits per heavy atom. The van der Waals surface area contributed by atoms with E-state index in [-0.39, 0.29) is 12.6 Å². The van der Waals surface area contributed by atoms with Gasteiger partial charge in [-0.1, -0.05) is 6.42 Å². The van der Waals surface area contributed by atoms with Crippen molar-refractivity contribution >= 4 is 0 Å². The molecule has 2 N–H and O–H groups in total. The van der Waals surface area contributed by atoms with Crippen molar-refractivity contribution < 1.29 is 23.4 Å². The molecule has 0 aliphatic carbocycles. The topological polar surface area (TPSA) is 43.7 Å². The predicted octanol–water partition coefficient (Wildman–Crippen LogP) is 0.756. The minimum absolute atomic E-state index is 0.148. The summed E-state index contributed by atoms with van der Waals surface area (Å²) in [5.41, 5.74) is 0. The highest BCUT2D eigenvalue weighted by Crippen LogP contribution is 2.23. The third kappa shape index (κ3) is 3.62. The Morgan fingerprint density at radius 3 is 2.53 bits per heavy atom. The van der Waals surface area contributed by atoms with E-state index in [0.29, 0.717) is 13.0 Å². The van der Waals surface area contributed by atoms with Gasteiger partial charge in [0.25, 0.3) is 0 Å². The molecule has 1 aliphatic heterocycles. The van der Waals surface area contributed by atoms with E-state index in [4.69, 9.17) is 10.2 Å². The summed E-state index contributed by atoms with van der Waals surface area (Å²) in [4.78, 5) is 1.52. The van der Waals surface area contributed by atoms with E-state index in [9.17, 15) is 13.2 Å². The zero-order chi connectivity index (χ0) is 11.5. The van der Waals surface area contributed by atoms with Gasteiger partial charge < -0.3 is 10.2 Å². The number of piperidine rings is 1. The van der Waals surface area contributed by atoms with Gasteiger partial charge in [-0.25, -0.2) is 0 Å². The number of hydrogen-bond acceptors (Lipinski definition) is 3. The van der Waals surface area contributed by atoms with Crippen molar-refractivity contribution in [2.45, 2.75) is 37.6 Å². The monoisotopic (exact) mass is 227 g/mol. The van der Waals surface area contributed by atoms with Gasteiger partial charge in [-0.05, 0) is 19.4 Å².